The van der Waals surface area contributed by atoms with Gasteiger partial charge in [-0.25, -0.2) is 8.42 Å². The van der Waals surface area contributed by atoms with E-state index in [-0.39, 0.29) is 0 Å². The van der Waals surface area contributed by atoms with Crippen LogP contribution in [0.3, 0.4) is 0 Å². The number of aryl methyl sites for hydroxylation is 2. The van der Waals surface area contributed by atoms with Crippen LogP contribution in [0, 0.1) is 0 Å². The fraction of sp³-hybridized carbons (Fsp3) is 0.412. The molecule has 0 saturated carbocycles. The van der Waals surface area contributed by atoms with Crippen molar-refractivity contribution in [2.45, 2.75) is 44.0 Å². The highest BCUT2D eigenvalue weighted by Crippen LogP contribution is 2.26. The molecule has 0 N–H and O–H groups in total. The van der Waals surface area contributed by atoms with Crippen molar-refractivity contribution in [2.75, 3.05) is 6.54 Å². The van der Waals surface area contributed by atoms with Crippen molar-refractivity contribution < 1.29 is 8.42 Å². The van der Waals surface area contributed by atoms with Crippen molar-refractivity contribution in [1.82, 2.24) is 4.31 Å². The highest BCUT2D eigenvalue weighted by atomic mass is 32.2. The molecule has 1 aromatic carbocycles. The van der Waals surface area contributed by atoms with Gasteiger partial charge in [0.1, 0.15) is 0 Å². The summed E-state index contributed by atoms with van der Waals surface area (Å²) >= 11 is 1.59. The Morgan fingerprint density at radius 2 is 1.91 bits per heavy atom. The molecular weight excluding hydrogens is 314 g/mol. The van der Waals surface area contributed by atoms with Crippen molar-refractivity contribution in [3.63, 3.8) is 0 Å². The first-order valence-electron chi connectivity index (χ1n) is 7.75. The SMILES string of the molecule is CCN(Cc1cccs1)S(=O)(=O)c1ccc2c(c1)CCCC2. The minimum atomic E-state index is -3.42. The predicted octanol–water partition coefficient (Wildman–Crippen LogP) is 3.84. The zero-order valence-electron chi connectivity index (χ0n) is 12.8. The maximum atomic E-state index is 12.9. The molecular formula is C17H21NO2S2. The molecule has 1 heterocycles. The van der Waals surface area contributed by atoms with Crippen molar-refractivity contribution in [3.8, 4) is 0 Å². The Morgan fingerprint density at radius 3 is 2.59 bits per heavy atom. The molecule has 118 valence electrons. The Bertz CT molecular complexity index is 736. The van der Waals surface area contributed by atoms with Gasteiger partial charge < -0.3 is 0 Å². The number of fused-ring (bicyclic) bond motifs is 1. The van der Waals surface area contributed by atoms with E-state index >= 15 is 0 Å². The molecule has 1 aromatic heterocycles. The average Bonchev–Trinajstić information content (AvgIpc) is 3.05. The smallest absolute Gasteiger partial charge is 0.207 e. The Labute approximate surface area is 136 Å². The lowest BCUT2D eigenvalue weighted by molar-refractivity contribution is 0.426. The van der Waals surface area contributed by atoms with Crippen molar-refractivity contribution in [3.05, 3.63) is 51.7 Å². The van der Waals surface area contributed by atoms with Gasteiger partial charge in [0.25, 0.3) is 0 Å². The van der Waals surface area contributed by atoms with Gasteiger partial charge in [-0.3, -0.25) is 0 Å². The monoisotopic (exact) mass is 335 g/mol. The molecule has 0 aliphatic heterocycles. The van der Waals surface area contributed by atoms with E-state index in [2.05, 4.69) is 0 Å². The normalized spacial score (nSPS) is 15.0. The molecule has 2 aromatic rings. The molecule has 0 spiro atoms. The number of nitrogens with zero attached hydrogens (tertiary/aromatic N) is 1. The highest BCUT2D eigenvalue weighted by Gasteiger charge is 2.24. The highest BCUT2D eigenvalue weighted by molar-refractivity contribution is 7.89. The molecule has 3 nitrogen and oxygen atoms in total. The molecule has 0 saturated heterocycles. The summed E-state index contributed by atoms with van der Waals surface area (Å²) < 4.78 is 27.4. The van der Waals surface area contributed by atoms with Crippen LogP contribution in [0.2, 0.25) is 0 Å². The molecule has 5 heteroatoms. The maximum absolute atomic E-state index is 12.9. The van der Waals surface area contributed by atoms with Crippen molar-refractivity contribution in [2.24, 2.45) is 0 Å². The molecule has 0 bridgehead atoms. The van der Waals surface area contributed by atoms with Gasteiger partial charge in [0.15, 0.2) is 0 Å². The summed E-state index contributed by atoms with van der Waals surface area (Å²) in [6.07, 6.45) is 4.43. The summed E-state index contributed by atoms with van der Waals surface area (Å²) in [6.45, 7) is 2.83. The third-order valence-electron chi connectivity index (χ3n) is 4.22. The number of benzene rings is 1. The minimum Gasteiger partial charge on any atom is -0.207 e. The van der Waals surface area contributed by atoms with Crippen LogP contribution in [0.5, 0.6) is 0 Å². The largest absolute Gasteiger partial charge is 0.243 e. The average molecular weight is 335 g/mol. The predicted molar refractivity (Wildman–Crippen MR) is 90.7 cm³/mol. The first kappa shape index (κ1) is 15.7. The number of thiophene rings is 1. The summed E-state index contributed by atoms with van der Waals surface area (Å²) in [6, 6.07) is 9.60. The van der Waals surface area contributed by atoms with Crippen molar-refractivity contribution in [1.29, 1.82) is 0 Å². The summed E-state index contributed by atoms with van der Waals surface area (Å²) in [5.41, 5.74) is 2.52. The zero-order chi connectivity index (χ0) is 15.6. The Morgan fingerprint density at radius 1 is 1.14 bits per heavy atom. The van der Waals surface area contributed by atoms with Gasteiger partial charge >= 0.3 is 0 Å². The fourth-order valence-corrected chi connectivity index (χ4v) is 5.24. The lowest BCUT2D eigenvalue weighted by Crippen LogP contribution is -2.30. The van der Waals surface area contributed by atoms with Gasteiger partial charge in [-0.05, 0) is 60.4 Å². The van der Waals surface area contributed by atoms with Crippen LogP contribution >= 0.6 is 11.3 Å². The summed E-state index contributed by atoms with van der Waals surface area (Å²) in [5.74, 6) is 0. The standard InChI is InChI=1S/C17H21NO2S2/c1-2-18(13-16-8-5-11-21-16)22(19,20)17-10-9-14-6-3-4-7-15(14)12-17/h5,8-12H,2-4,6-7,13H2,1H3. The molecule has 3 rings (SSSR count). The lowest BCUT2D eigenvalue weighted by Gasteiger charge is -2.22. The molecule has 0 amide bonds. The molecule has 1 aliphatic rings. The topological polar surface area (TPSA) is 37.4 Å². The Kier molecular flexibility index (Phi) is 4.66. The van der Waals surface area contributed by atoms with E-state index in [0.717, 1.165) is 24.1 Å². The number of hydrogen-bond donors (Lipinski definition) is 0. The van der Waals surface area contributed by atoms with Crippen LogP contribution in [-0.2, 0) is 29.4 Å². The number of hydrogen-bond acceptors (Lipinski definition) is 3. The lowest BCUT2D eigenvalue weighted by atomic mass is 9.92. The summed E-state index contributed by atoms with van der Waals surface area (Å²) in [7, 11) is -3.42. The van der Waals surface area contributed by atoms with Crippen LogP contribution in [-0.4, -0.2) is 19.3 Å². The van der Waals surface area contributed by atoms with Crippen LogP contribution in [0.1, 0.15) is 35.8 Å². The van der Waals surface area contributed by atoms with Crippen LogP contribution < -0.4 is 0 Å². The van der Waals surface area contributed by atoms with Gasteiger partial charge in [-0.2, -0.15) is 4.31 Å². The van der Waals surface area contributed by atoms with Gasteiger partial charge in [-0.15, -0.1) is 11.3 Å². The van der Waals surface area contributed by atoms with Gasteiger partial charge in [0, 0.05) is 18.0 Å². The fourth-order valence-electron chi connectivity index (χ4n) is 2.96. The number of rotatable bonds is 5. The first-order chi connectivity index (χ1) is 10.6. The van der Waals surface area contributed by atoms with E-state index in [9.17, 15) is 8.42 Å². The van der Waals surface area contributed by atoms with E-state index < -0.39 is 10.0 Å². The molecule has 0 fully saturated rings. The van der Waals surface area contributed by atoms with Crippen LogP contribution in [0.15, 0.2) is 40.6 Å². The van der Waals surface area contributed by atoms with Gasteiger partial charge in [0.05, 0.1) is 4.90 Å². The molecule has 0 radical (unpaired) electrons. The Balaban J connectivity index is 1.90. The van der Waals surface area contributed by atoms with E-state index in [0.29, 0.717) is 18.0 Å². The Hall–Kier alpha value is -1.17. The van der Waals surface area contributed by atoms with Gasteiger partial charge in [-0.1, -0.05) is 19.1 Å². The molecule has 22 heavy (non-hydrogen) atoms. The van der Waals surface area contributed by atoms with Crippen LogP contribution in [0.25, 0.3) is 0 Å². The molecule has 0 unspecified atom stereocenters. The van der Waals surface area contributed by atoms with E-state index in [4.69, 9.17) is 0 Å². The quantitative estimate of drug-likeness (QED) is 0.832. The maximum Gasteiger partial charge on any atom is 0.243 e. The van der Waals surface area contributed by atoms with E-state index in [1.165, 1.54) is 17.5 Å². The zero-order valence-corrected chi connectivity index (χ0v) is 14.4. The number of sulfonamides is 1. The second kappa shape index (κ2) is 6.52. The second-order valence-electron chi connectivity index (χ2n) is 5.65. The first-order valence-corrected chi connectivity index (χ1v) is 10.1. The third kappa shape index (κ3) is 3.12. The van der Waals surface area contributed by atoms with Crippen molar-refractivity contribution >= 4 is 21.4 Å². The third-order valence-corrected chi connectivity index (χ3v) is 7.00. The second-order valence-corrected chi connectivity index (χ2v) is 8.62. The van der Waals surface area contributed by atoms with E-state index in [1.54, 1.807) is 21.7 Å². The summed E-state index contributed by atoms with van der Waals surface area (Å²) in [5, 5.41) is 1.98. The van der Waals surface area contributed by atoms with Crippen LogP contribution in [0.4, 0.5) is 0 Å². The molecule has 0 atom stereocenters. The minimum absolute atomic E-state index is 0.437. The van der Waals surface area contributed by atoms with E-state index in [1.807, 2.05) is 36.6 Å². The van der Waals surface area contributed by atoms with Gasteiger partial charge in [0.2, 0.25) is 10.0 Å². The summed E-state index contributed by atoms with van der Waals surface area (Å²) in [4.78, 5) is 1.51. The molecule has 1 aliphatic carbocycles.